The second-order valence-corrected chi connectivity index (χ2v) is 6.07. The van der Waals surface area contributed by atoms with Crippen LogP contribution in [0, 0.1) is 0 Å². The van der Waals surface area contributed by atoms with Crippen LogP contribution < -0.4 is 15.5 Å². The van der Waals surface area contributed by atoms with Crippen LogP contribution in [-0.2, 0) is 19.9 Å². The van der Waals surface area contributed by atoms with Gasteiger partial charge in [-0.2, -0.15) is 0 Å². The molecule has 3 aliphatic rings. The van der Waals surface area contributed by atoms with Crippen molar-refractivity contribution in [2.75, 3.05) is 18.1 Å². The Morgan fingerprint density at radius 1 is 1.30 bits per heavy atom. The molecule has 3 aliphatic heterocycles. The standard InChI is InChI=1S/C16H17N3O4/c20-13(12-6-3-9-23-12)19-8-7-16(14(21)17-15(22)18-16)10-4-1-2-5-11(10)19/h1-2,4-5,12H,3,6-9H2,(H2,17,18,21,22). The summed E-state index contributed by atoms with van der Waals surface area (Å²) in [6, 6.07) is 6.72. The lowest BCUT2D eigenvalue weighted by molar-refractivity contribution is -0.128. The number of urea groups is 1. The van der Waals surface area contributed by atoms with Crippen LogP contribution in [0.4, 0.5) is 10.5 Å². The van der Waals surface area contributed by atoms with Crippen LogP contribution in [0.5, 0.6) is 0 Å². The summed E-state index contributed by atoms with van der Waals surface area (Å²) >= 11 is 0. The number of fused-ring (bicyclic) bond motifs is 2. The minimum atomic E-state index is -1.08. The van der Waals surface area contributed by atoms with Gasteiger partial charge in [0.05, 0.1) is 0 Å². The molecule has 0 aromatic heterocycles. The Morgan fingerprint density at radius 2 is 2.13 bits per heavy atom. The molecule has 2 fully saturated rings. The number of benzene rings is 1. The molecule has 0 bridgehead atoms. The number of nitrogens with zero attached hydrogens (tertiary/aromatic N) is 1. The lowest BCUT2D eigenvalue weighted by Gasteiger charge is -2.39. The fourth-order valence-corrected chi connectivity index (χ4v) is 3.64. The number of nitrogens with one attached hydrogen (secondary N) is 2. The fourth-order valence-electron chi connectivity index (χ4n) is 3.64. The van der Waals surface area contributed by atoms with E-state index < -0.39 is 17.7 Å². The van der Waals surface area contributed by atoms with Crippen molar-refractivity contribution in [1.82, 2.24) is 10.6 Å². The lowest BCUT2D eigenvalue weighted by atomic mass is 9.82. The Bertz CT molecular complexity index is 698. The van der Waals surface area contributed by atoms with Crippen molar-refractivity contribution >= 4 is 23.5 Å². The largest absolute Gasteiger partial charge is 0.368 e. The van der Waals surface area contributed by atoms with Gasteiger partial charge in [-0.15, -0.1) is 0 Å². The van der Waals surface area contributed by atoms with Crippen molar-refractivity contribution in [2.45, 2.75) is 30.9 Å². The first-order chi connectivity index (χ1) is 11.1. The van der Waals surface area contributed by atoms with Crippen molar-refractivity contribution in [3.63, 3.8) is 0 Å². The molecule has 4 amide bonds. The molecule has 4 rings (SSSR count). The van der Waals surface area contributed by atoms with Crippen LogP contribution in [0.3, 0.4) is 0 Å². The first kappa shape index (κ1) is 14.2. The smallest absolute Gasteiger partial charge is 0.322 e. The molecular formula is C16H17N3O4. The summed E-state index contributed by atoms with van der Waals surface area (Å²) in [6.07, 6.45) is 1.54. The van der Waals surface area contributed by atoms with Gasteiger partial charge in [0, 0.05) is 30.8 Å². The third-order valence-electron chi connectivity index (χ3n) is 4.78. The summed E-state index contributed by atoms with van der Waals surface area (Å²) in [5, 5.41) is 5.04. The van der Waals surface area contributed by atoms with Gasteiger partial charge in [-0.1, -0.05) is 18.2 Å². The molecule has 1 aromatic carbocycles. The second-order valence-electron chi connectivity index (χ2n) is 6.07. The van der Waals surface area contributed by atoms with Gasteiger partial charge in [0.25, 0.3) is 11.8 Å². The van der Waals surface area contributed by atoms with Crippen LogP contribution >= 0.6 is 0 Å². The number of hydrogen-bond acceptors (Lipinski definition) is 4. The molecule has 2 atom stereocenters. The Morgan fingerprint density at radius 3 is 2.83 bits per heavy atom. The van der Waals surface area contributed by atoms with E-state index in [4.69, 9.17) is 4.74 Å². The predicted molar refractivity (Wildman–Crippen MR) is 80.7 cm³/mol. The van der Waals surface area contributed by atoms with E-state index in [1.165, 1.54) is 0 Å². The number of carbonyl (C=O) groups excluding carboxylic acids is 3. The Labute approximate surface area is 133 Å². The van der Waals surface area contributed by atoms with Gasteiger partial charge in [-0.05, 0) is 18.9 Å². The van der Waals surface area contributed by atoms with E-state index in [0.717, 1.165) is 12.8 Å². The molecule has 1 aromatic rings. The number of ether oxygens (including phenoxy) is 1. The van der Waals surface area contributed by atoms with E-state index in [1.54, 1.807) is 23.1 Å². The molecule has 7 heteroatoms. The number of amides is 4. The molecule has 2 unspecified atom stereocenters. The first-order valence-corrected chi connectivity index (χ1v) is 7.78. The SMILES string of the molecule is O=C1NC(=O)C2(CCN(C(=O)C3CCCO3)c3ccccc32)N1. The highest BCUT2D eigenvalue weighted by Gasteiger charge is 2.52. The average Bonchev–Trinajstić information content (AvgIpc) is 3.17. The molecule has 7 nitrogen and oxygen atoms in total. The normalized spacial score (nSPS) is 29.4. The molecule has 2 N–H and O–H groups in total. The average molecular weight is 315 g/mol. The van der Waals surface area contributed by atoms with Crippen molar-refractivity contribution in [2.24, 2.45) is 0 Å². The second kappa shape index (κ2) is 5.06. The zero-order valence-corrected chi connectivity index (χ0v) is 12.5. The van der Waals surface area contributed by atoms with Gasteiger partial charge in [0.2, 0.25) is 0 Å². The van der Waals surface area contributed by atoms with Gasteiger partial charge in [-0.25, -0.2) is 4.79 Å². The van der Waals surface area contributed by atoms with E-state index in [-0.39, 0.29) is 11.8 Å². The minimum absolute atomic E-state index is 0.0745. The highest BCUT2D eigenvalue weighted by molar-refractivity contribution is 6.09. The Balaban J connectivity index is 1.74. The summed E-state index contributed by atoms with van der Waals surface area (Å²) < 4.78 is 5.50. The molecule has 3 heterocycles. The number of hydrogen-bond donors (Lipinski definition) is 2. The van der Waals surface area contributed by atoms with Crippen molar-refractivity contribution in [3.8, 4) is 0 Å². The third-order valence-corrected chi connectivity index (χ3v) is 4.78. The number of para-hydroxylation sites is 1. The van der Waals surface area contributed by atoms with Crippen LogP contribution in [0.2, 0.25) is 0 Å². The van der Waals surface area contributed by atoms with E-state index in [1.807, 2.05) is 6.07 Å². The number of anilines is 1. The highest BCUT2D eigenvalue weighted by Crippen LogP contribution is 2.40. The molecule has 0 aliphatic carbocycles. The number of imide groups is 1. The summed E-state index contributed by atoms with van der Waals surface area (Å²) in [5.74, 6) is -0.436. The van der Waals surface area contributed by atoms with Crippen LogP contribution in [0.25, 0.3) is 0 Å². The summed E-state index contributed by atoms with van der Waals surface area (Å²) in [7, 11) is 0. The Hall–Kier alpha value is -2.41. The highest BCUT2D eigenvalue weighted by atomic mass is 16.5. The lowest BCUT2D eigenvalue weighted by Crippen LogP contribution is -2.53. The molecular weight excluding hydrogens is 298 g/mol. The molecule has 23 heavy (non-hydrogen) atoms. The van der Waals surface area contributed by atoms with Gasteiger partial charge in [0.15, 0.2) is 0 Å². The fraction of sp³-hybridized carbons (Fsp3) is 0.438. The van der Waals surface area contributed by atoms with Crippen LogP contribution in [0.15, 0.2) is 24.3 Å². The van der Waals surface area contributed by atoms with Crippen LogP contribution in [0.1, 0.15) is 24.8 Å². The summed E-state index contributed by atoms with van der Waals surface area (Å²) in [5.41, 5.74) is 0.235. The van der Waals surface area contributed by atoms with Gasteiger partial charge in [0.1, 0.15) is 11.6 Å². The topological polar surface area (TPSA) is 87.7 Å². The van der Waals surface area contributed by atoms with Crippen molar-refractivity contribution in [3.05, 3.63) is 29.8 Å². The number of carbonyl (C=O) groups is 3. The molecule has 1 spiro atoms. The quantitative estimate of drug-likeness (QED) is 0.744. The Kier molecular flexibility index (Phi) is 3.12. The first-order valence-electron chi connectivity index (χ1n) is 7.78. The van der Waals surface area contributed by atoms with Crippen molar-refractivity contribution < 1.29 is 19.1 Å². The van der Waals surface area contributed by atoms with Gasteiger partial charge in [-0.3, -0.25) is 14.9 Å². The zero-order chi connectivity index (χ0) is 16.0. The molecule has 0 radical (unpaired) electrons. The van der Waals surface area contributed by atoms with Gasteiger partial charge >= 0.3 is 6.03 Å². The monoisotopic (exact) mass is 315 g/mol. The maximum Gasteiger partial charge on any atom is 0.322 e. The predicted octanol–water partition coefficient (Wildman–Crippen LogP) is 0.637. The van der Waals surface area contributed by atoms with Gasteiger partial charge < -0.3 is 15.0 Å². The van der Waals surface area contributed by atoms with E-state index >= 15 is 0 Å². The van der Waals surface area contributed by atoms with E-state index in [2.05, 4.69) is 10.6 Å². The summed E-state index contributed by atoms with van der Waals surface area (Å²) in [4.78, 5) is 38.4. The maximum absolute atomic E-state index is 12.7. The molecule has 2 saturated heterocycles. The number of rotatable bonds is 1. The maximum atomic E-state index is 12.7. The minimum Gasteiger partial charge on any atom is -0.368 e. The zero-order valence-electron chi connectivity index (χ0n) is 12.5. The van der Waals surface area contributed by atoms with E-state index in [9.17, 15) is 14.4 Å². The summed E-state index contributed by atoms with van der Waals surface area (Å²) in [6.45, 7) is 0.970. The molecule has 120 valence electrons. The third kappa shape index (κ3) is 2.03. The van der Waals surface area contributed by atoms with Crippen LogP contribution in [-0.4, -0.2) is 37.1 Å². The van der Waals surface area contributed by atoms with E-state index in [0.29, 0.717) is 30.8 Å². The molecule has 0 saturated carbocycles. The van der Waals surface area contributed by atoms with Crippen molar-refractivity contribution in [1.29, 1.82) is 0 Å².